The first-order valence-corrected chi connectivity index (χ1v) is 4.16. The van der Waals surface area contributed by atoms with Gasteiger partial charge in [-0.25, -0.2) is 0 Å². The molecule has 0 aromatic heterocycles. The molecule has 1 N–H and O–H groups in total. The van der Waals surface area contributed by atoms with Gasteiger partial charge in [0, 0.05) is 12.0 Å². The Hall–Kier alpha value is -1.41. The van der Waals surface area contributed by atoms with Gasteiger partial charge in [0.25, 0.3) is 0 Å². The topological polar surface area (TPSA) is 37.3 Å². The van der Waals surface area contributed by atoms with Crippen LogP contribution >= 0.6 is 0 Å². The predicted molar refractivity (Wildman–Crippen MR) is 49.6 cm³/mol. The van der Waals surface area contributed by atoms with Gasteiger partial charge in [-0.1, -0.05) is 36.9 Å². The lowest BCUT2D eigenvalue weighted by Crippen LogP contribution is -2.32. The first kappa shape index (κ1) is 8.20. The summed E-state index contributed by atoms with van der Waals surface area (Å²) >= 11 is 0. The van der Waals surface area contributed by atoms with E-state index >= 15 is 0 Å². The van der Waals surface area contributed by atoms with Gasteiger partial charge < -0.3 is 5.11 Å². The number of carbonyl (C=O) groups excluding carboxylic acids is 1. The van der Waals surface area contributed by atoms with Crippen molar-refractivity contribution in [2.75, 3.05) is 0 Å². The molecule has 2 heteroatoms. The number of fused-ring (bicyclic) bond motifs is 1. The highest BCUT2D eigenvalue weighted by molar-refractivity contribution is 6.07. The van der Waals surface area contributed by atoms with E-state index in [1.165, 1.54) is 6.08 Å². The molecule has 1 aromatic rings. The summed E-state index contributed by atoms with van der Waals surface area (Å²) in [5.41, 5.74) is 0.142. The maximum atomic E-state index is 11.6. The number of rotatable bonds is 1. The molecule has 1 aliphatic rings. The van der Waals surface area contributed by atoms with Crippen molar-refractivity contribution < 1.29 is 9.90 Å². The maximum absolute atomic E-state index is 11.6. The van der Waals surface area contributed by atoms with E-state index in [9.17, 15) is 9.90 Å². The molecule has 13 heavy (non-hydrogen) atoms. The van der Waals surface area contributed by atoms with Crippen molar-refractivity contribution in [3.8, 4) is 0 Å². The van der Waals surface area contributed by atoms with Crippen molar-refractivity contribution in [3.63, 3.8) is 0 Å². The first-order valence-electron chi connectivity index (χ1n) is 4.16. The zero-order chi connectivity index (χ0) is 9.47. The minimum Gasteiger partial charge on any atom is -0.377 e. The van der Waals surface area contributed by atoms with Gasteiger partial charge >= 0.3 is 0 Å². The third-order valence-electron chi connectivity index (χ3n) is 2.45. The molecule has 0 amide bonds. The molecule has 0 radical (unpaired) electrons. The average molecular weight is 174 g/mol. The van der Waals surface area contributed by atoms with Crippen molar-refractivity contribution in [1.29, 1.82) is 0 Å². The molecule has 0 fully saturated rings. The van der Waals surface area contributed by atoms with Gasteiger partial charge in [-0.15, -0.1) is 0 Å². The van der Waals surface area contributed by atoms with Crippen LogP contribution in [0.15, 0.2) is 36.9 Å². The van der Waals surface area contributed by atoms with Gasteiger partial charge in [-0.2, -0.15) is 0 Å². The minimum atomic E-state index is -1.37. The van der Waals surface area contributed by atoms with Crippen molar-refractivity contribution in [3.05, 3.63) is 48.0 Å². The van der Waals surface area contributed by atoms with E-state index in [1.807, 2.05) is 12.1 Å². The maximum Gasteiger partial charge on any atom is 0.198 e. The van der Waals surface area contributed by atoms with Crippen LogP contribution in [0.2, 0.25) is 0 Å². The number of carbonyl (C=O) groups is 1. The van der Waals surface area contributed by atoms with Crippen LogP contribution in [-0.2, 0) is 6.42 Å². The highest BCUT2D eigenvalue weighted by atomic mass is 16.3. The predicted octanol–water partition coefficient (Wildman–Crippen LogP) is 1.34. The summed E-state index contributed by atoms with van der Waals surface area (Å²) in [4.78, 5) is 11.6. The number of hydrogen-bond donors (Lipinski definition) is 1. The van der Waals surface area contributed by atoms with Crippen LogP contribution in [-0.4, -0.2) is 16.5 Å². The number of hydrogen-bond acceptors (Lipinski definition) is 2. The number of ketones is 1. The Bertz CT molecular complexity index is 381. The molecular weight excluding hydrogens is 164 g/mol. The van der Waals surface area contributed by atoms with Crippen molar-refractivity contribution in [2.45, 2.75) is 12.0 Å². The van der Waals surface area contributed by atoms with E-state index in [1.54, 1.807) is 12.1 Å². The molecule has 0 aliphatic heterocycles. The summed E-state index contributed by atoms with van der Waals surface area (Å²) in [6, 6.07) is 7.25. The molecule has 0 bridgehead atoms. The van der Waals surface area contributed by atoms with Gasteiger partial charge in [-0.3, -0.25) is 4.79 Å². The molecule has 0 saturated carbocycles. The Kier molecular flexibility index (Phi) is 1.60. The fourth-order valence-corrected chi connectivity index (χ4v) is 1.66. The van der Waals surface area contributed by atoms with Crippen molar-refractivity contribution in [2.24, 2.45) is 0 Å². The lowest BCUT2D eigenvalue weighted by Gasteiger charge is -2.13. The second-order valence-corrected chi connectivity index (χ2v) is 3.29. The molecule has 0 saturated heterocycles. The zero-order valence-corrected chi connectivity index (χ0v) is 7.16. The van der Waals surface area contributed by atoms with E-state index in [0.29, 0.717) is 12.0 Å². The van der Waals surface area contributed by atoms with Crippen LogP contribution in [0.4, 0.5) is 0 Å². The fraction of sp³-hybridized carbons (Fsp3) is 0.182. The van der Waals surface area contributed by atoms with E-state index in [-0.39, 0.29) is 5.78 Å². The number of Topliss-reactive ketones (excluding diaryl/α,β-unsaturated/α-hetero) is 1. The van der Waals surface area contributed by atoms with E-state index in [4.69, 9.17) is 0 Å². The van der Waals surface area contributed by atoms with Crippen LogP contribution in [0.1, 0.15) is 15.9 Å². The van der Waals surface area contributed by atoms with Crippen LogP contribution in [0.25, 0.3) is 0 Å². The van der Waals surface area contributed by atoms with E-state index in [2.05, 4.69) is 6.58 Å². The van der Waals surface area contributed by atoms with Crippen LogP contribution in [0, 0.1) is 0 Å². The Labute approximate surface area is 76.5 Å². The third-order valence-corrected chi connectivity index (χ3v) is 2.45. The van der Waals surface area contributed by atoms with Crippen LogP contribution < -0.4 is 0 Å². The number of benzene rings is 1. The lowest BCUT2D eigenvalue weighted by atomic mass is 10.00. The highest BCUT2D eigenvalue weighted by Gasteiger charge is 2.40. The molecule has 1 atom stereocenters. The smallest absolute Gasteiger partial charge is 0.198 e. The van der Waals surface area contributed by atoms with Crippen LogP contribution in [0.3, 0.4) is 0 Å². The van der Waals surface area contributed by atoms with Crippen molar-refractivity contribution in [1.82, 2.24) is 0 Å². The van der Waals surface area contributed by atoms with Crippen LogP contribution in [0.5, 0.6) is 0 Å². The van der Waals surface area contributed by atoms with Gasteiger partial charge in [-0.05, 0) is 5.56 Å². The largest absolute Gasteiger partial charge is 0.377 e. The second kappa shape index (κ2) is 2.54. The summed E-state index contributed by atoms with van der Waals surface area (Å²) in [6.45, 7) is 3.48. The summed E-state index contributed by atoms with van der Waals surface area (Å²) in [5, 5.41) is 9.82. The van der Waals surface area contributed by atoms with Gasteiger partial charge in [0.2, 0.25) is 0 Å². The molecule has 2 nitrogen and oxygen atoms in total. The van der Waals surface area contributed by atoms with Gasteiger partial charge in [0.1, 0.15) is 5.60 Å². The second-order valence-electron chi connectivity index (χ2n) is 3.29. The molecule has 2 rings (SSSR count). The van der Waals surface area contributed by atoms with Gasteiger partial charge in [0.15, 0.2) is 5.78 Å². The van der Waals surface area contributed by atoms with E-state index in [0.717, 1.165) is 5.56 Å². The highest BCUT2D eigenvalue weighted by Crippen LogP contribution is 2.30. The summed E-state index contributed by atoms with van der Waals surface area (Å²) < 4.78 is 0. The molecule has 1 aliphatic carbocycles. The standard InChI is InChI=1S/C11H10O2/c1-2-11(13)7-8-5-3-4-6-9(8)10(11)12/h2-6,13H,1,7H2/t11-/m0/s1. The number of aliphatic hydroxyl groups is 1. The molecule has 1 aromatic carbocycles. The minimum absolute atomic E-state index is 0.238. The summed E-state index contributed by atoms with van der Waals surface area (Å²) in [5.74, 6) is -0.238. The normalized spacial score (nSPS) is 25.8. The summed E-state index contributed by atoms with van der Waals surface area (Å²) in [7, 11) is 0. The molecule has 0 spiro atoms. The lowest BCUT2D eigenvalue weighted by molar-refractivity contribution is 0.0577. The molecule has 66 valence electrons. The summed E-state index contributed by atoms with van der Waals surface area (Å²) in [6.07, 6.45) is 1.67. The monoisotopic (exact) mass is 174 g/mol. The van der Waals surface area contributed by atoms with E-state index < -0.39 is 5.60 Å². The zero-order valence-electron chi connectivity index (χ0n) is 7.16. The Morgan fingerprint density at radius 1 is 1.46 bits per heavy atom. The fourth-order valence-electron chi connectivity index (χ4n) is 1.66. The Balaban J connectivity index is 2.55. The molecule has 0 heterocycles. The van der Waals surface area contributed by atoms with Gasteiger partial charge in [0.05, 0.1) is 0 Å². The Morgan fingerprint density at radius 3 is 2.77 bits per heavy atom. The third kappa shape index (κ3) is 1.03. The van der Waals surface area contributed by atoms with Crippen molar-refractivity contribution >= 4 is 5.78 Å². The SMILES string of the molecule is C=C[C@]1(O)Cc2ccccc2C1=O. The quantitative estimate of drug-likeness (QED) is 0.652. The Morgan fingerprint density at radius 2 is 2.15 bits per heavy atom. The average Bonchev–Trinajstić information content (AvgIpc) is 2.41. The first-order chi connectivity index (χ1) is 6.17. The molecular formula is C11H10O2. The molecule has 0 unspecified atom stereocenters.